The maximum Gasteiger partial charge on any atom is 0.254 e. The Hall–Kier alpha value is -4.28. The molecule has 0 aliphatic carbocycles. The average Bonchev–Trinajstić information content (AvgIpc) is 3.65. The first-order chi connectivity index (χ1) is 23.5. The molecule has 1 amide bonds. The Balaban J connectivity index is 1.16. The number of para-hydroxylation sites is 2. The highest BCUT2D eigenvalue weighted by Crippen LogP contribution is 2.41. The van der Waals surface area contributed by atoms with E-state index in [0.717, 1.165) is 75.5 Å². The van der Waals surface area contributed by atoms with Gasteiger partial charge in [0.2, 0.25) is 11.7 Å². The first kappa shape index (κ1) is 33.6. The third kappa shape index (κ3) is 6.96. The van der Waals surface area contributed by atoms with Crippen LogP contribution in [0.1, 0.15) is 42.1 Å². The van der Waals surface area contributed by atoms with Gasteiger partial charge in [-0.2, -0.15) is 0 Å². The molecule has 0 spiro atoms. The number of benzene rings is 3. The summed E-state index contributed by atoms with van der Waals surface area (Å²) in [6, 6.07) is 22.6. The largest absolute Gasteiger partial charge is 0.493 e. The van der Waals surface area contributed by atoms with Crippen LogP contribution in [0.25, 0.3) is 11.0 Å². The minimum absolute atomic E-state index is 0.0234. The van der Waals surface area contributed by atoms with E-state index in [2.05, 4.69) is 69.0 Å². The molecule has 1 unspecified atom stereocenters. The molecule has 6 rings (SSSR count). The SMILES string of the molecule is CCOCCn1c(N2CCCN(CCC3(c4ccccc4)CCN(C(=O)c4cc(OC)c(OC)c(OC)c4)C3)CC2)nc2ccccc21. The zero-order chi connectivity index (χ0) is 33.5. The summed E-state index contributed by atoms with van der Waals surface area (Å²) < 4.78 is 24.6. The normalized spacial score (nSPS) is 18.7. The Morgan fingerprint density at radius 3 is 2.33 bits per heavy atom. The van der Waals surface area contributed by atoms with Crippen molar-refractivity contribution in [3.63, 3.8) is 0 Å². The number of aromatic nitrogens is 2. The van der Waals surface area contributed by atoms with Crippen LogP contribution in [0.3, 0.4) is 0 Å². The molecular weight excluding hydrogens is 606 g/mol. The Labute approximate surface area is 284 Å². The first-order valence-electron chi connectivity index (χ1n) is 17.2. The lowest BCUT2D eigenvalue weighted by Crippen LogP contribution is -2.39. The summed E-state index contributed by atoms with van der Waals surface area (Å²) in [6.07, 6.45) is 2.96. The topological polar surface area (TPSA) is 81.5 Å². The van der Waals surface area contributed by atoms with Crippen molar-refractivity contribution in [2.24, 2.45) is 0 Å². The zero-order valence-electron chi connectivity index (χ0n) is 28.8. The number of anilines is 1. The number of hydrogen-bond donors (Lipinski definition) is 0. The van der Waals surface area contributed by atoms with Gasteiger partial charge in [0.1, 0.15) is 0 Å². The fourth-order valence-corrected chi connectivity index (χ4v) is 7.40. The number of carbonyl (C=O) groups excluding carboxylic acids is 1. The summed E-state index contributed by atoms with van der Waals surface area (Å²) in [5.41, 5.74) is 3.89. The minimum Gasteiger partial charge on any atom is -0.493 e. The summed E-state index contributed by atoms with van der Waals surface area (Å²) in [5.74, 6) is 2.46. The predicted molar refractivity (Wildman–Crippen MR) is 189 cm³/mol. The van der Waals surface area contributed by atoms with Gasteiger partial charge in [0, 0.05) is 56.9 Å². The number of fused-ring (bicyclic) bond motifs is 1. The summed E-state index contributed by atoms with van der Waals surface area (Å²) in [6.45, 7) is 10.4. The monoisotopic (exact) mass is 655 g/mol. The standard InChI is InChI=1S/C38H49N5O5/c1-5-48-25-24-43-32-15-10-9-14-31(32)39-37(43)41-19-11-18-40(22-23-41)20-16-38(30-12-7-6-8-13-30)17-21-42(28-38)36(44)29-26-33(45-2)35(47-4)34(27-29)46-3/h6-10,12-15,26-27H,5,11,16-25,28H2,1-4H3. The highest BCUT2D eigenvalue weighted by atomic mass is 16.5. The van der Waals surface area contributed by atoms with E-state index in [0.29, 0.717) is 49.1 Å². The van der Waals surface area contributed by atoms with Gasteiger partial charge in [0.25, 0.3) is 5.91 Å². The lowest BCUT2D eigenvalue weighted by molar-refractivity contribution is 0.0780. The summed E-state index contributed by atoms with van der Waals surface area (Å²) in [5, 5.41) is 0. The van der Waals surface area contributed by atoms with Crippen molar-refractivity contribution in [1.29, 1.82) is 0 Å². The van der Waals surface area contributed by atoms with Gasteiger partial charge < -0.3 is 38.2 Å². The van der Waals surface area contributed by atoms with Gasteiger partial charge in [-0.05, 0) is 69.1 Å². The Bertz CT molecular complexity index is 1650. The molecule has 0 saturated carbocycles. The number of rotatable bonds is 13. The van der Waals surface area contributed by atoms with Gasteiger partial charge in [-0.3, -0.25) is 4.79 Å². The van der Waals surface area contributed by atoms with Crippen molar-refractivity contribution in [2.45, 2.75) is 38.1 Å². The second kappa shape index (κ2) is 15.3. The van der Waals surface area contributed by atoms with Crippen LogP contribution in [0.2, 0.25) is 0 Å². The number of hydrogen-bond acceptors (Lipinski definition) is 8. The fraction of sp³-hybridized carbons (Fsp3) is 0.474. The van der Waals surface area contributed by atoms with E-state index in [-0.39, 0.29) is 11.3 Å². The Kier molecular flexibility index (Phi) is 10.7. The first-order valence-corrected chi connectivity index (χ1v) is 17.2. The zero-order valence-corrected chi connectivity index (χ0v) is 28.8. The third-order valence-corrected chi connectivity index (χ3v) is 10.0. The van der Waals surface area contributed by atoms with E-state index in [9.17, 15) is 4.79 Å². The van der Waals surface area contributed by atoms with Crippen molar-refractivity contribution in [2.75, 3.05) is 85.3 Å². The van der Waals surface area contributed by atoms with Gasteiger partial charge in [-0.15, -0.1) is 0 Å². The maximum atomic E-state index is 13.9. The van der Waals surface area contributed by atoms with Crippen LogP contribution in [0.5, 0.6) is 17.2 Å². The predicted octanol–water partition coefficient (Wildman–Crippen LogP) is 5.48. The fourth-order valence-electron chi connectivity index (χ4n) is 7.40. The molecule has 2 fully saturated rings. The summed E-state index contributed by atoms with van der Waals surface area (Å²) in [4.78, 5) is 26.1. The van der Waals surface area contributed by atoms with Gasteiger partial charge >= 0.3 is 0 Å². The molecule has 48 heavy (non-hydrogen) atoms. The molecule has 2 saturated heterocycles. The molecule has 3 aromatic carbocycles. The van der Waals surface area contributed by atoms with E-state index in [1.54, 1.807) is 33.5 Å². The highest BCUT2D eigenvalue weighted by molar-refractivity contribution is 5.96. The Morgan fingerprint density at radius 1 is 0.854 bits per heavy atom. The smallest absolute Gasteiger partial charge is 0.254 e. The summed E-state index contributed by atoms with van der Waals surface area (Å²) in [7, 11) is 4.71. The molecule has 0 bridgehead atoms. The molecule has 2 aliphatic rings. The van der Waals surface area contributed by atoms with E-state index < -0.39 is 0 Å². The van der Waals surface area contributed by atoms with E-state index in [1.807, 2.05) is 11.8 Å². The molecular formula is C38H49N5O5. The van der Waals surface area contributed by atoms with Crippen molar-refractivity contribution in [1.82, 2.24) is 19.4 Å². The number of nitrogens with zero attached hydrogens (tertiary/aromatic N) is 5. The molecule has 0 radical (unpaired) electrons. The second-order valence-electron chi connectivity index (χ2n) is 12.7. The average molecular weight is 656 g/mol. The van der Waals surface area contributed by atoms with E-state index in [1.165, 1.54) is 5.56 Å². The molecule has 2 aliphatic heterocycles. The molecule has 0 N–H and O–H groups in total. The van der Waals surface area contributed by atoms with Crippen molar-refractivity contribution < 1.29 is 23.7 Å². The van der Waals surface area contributed by atoms with Gasteiger partial charge in [-0.25, -0.2) is 4.98 Å². The summed E-state index contributed by atoms with van der Waals surface area (Å²) >= 11 is 0. The number of methoxy groups -OCH3 is 3. The van der Waals surface area contributed by atoms with Crippen LogP contribution in [0.4, 0.5) is 5.95 Å². The van der Waals surface area contributed by atoms with Gasteiger partial charge in [-0.1, -0.05) is 42.5 Å². The Morgan fingerprint density at radius 2 is 1.60 bits per heavy atom. The quantitative estimate of drug-likeness (QED) is 0.175. The molecule has 1 aromatic heterocycles. The van der Waals surface area contributed by atoms with Crippen LogP contribution < -0.4 is 19.1 Å². The molecule has 4 aromatic rings. The van der Waals surface area contributed by atoms with Crippen molar-refractivity contribution in [3.05, 3.63) is 77.9 Å². The lowest BCUT2D eigenvalue weighted by Gasteiger charge is -2.33. The van der Waals surface area contributed by atoms with E-state index >= 15 is 0 Å². The molecule has 256 valence electrons. The minimum atomic E-state index is -0.128. The van der Waals surface area contributed by atoms with Crippen LogP contribution in [-0.2, 0) is 16.7 Å². The number of carbonyl (C=O) groups is 1. The van der Waals surface area contributed by atoms with Crippen LogP contribution in [-0.4, -0.2) is 106 Å². The van der Waals surface area contributed by atoms with Crippen molar-refractivity contribution in [3.8, 4) is 17.2 Å². The van der Waals surface area contributed by atoms with Gasteiger partial charge in [0.15, 0.2) is 11.5 Å². The van der Waals surface area contributed by atoms with Crippen molar-refractivity contribution >= 4 is 22.9 Å². The number of ether oxygens (including phenoxy) is 4. The maximum absolute atomic E-state index is 13.9. The highest BCUT2D eigenvalue weighted by Gasteiger charge is 2.42. The lowest BCUT2D eigenvalue weighted by atomic mass is 9.76. The van der Waals surface area contributed by atoms with Crippen LogP contribution in [0, 0.1) is 0 Å². The second-order valence-corrected chi connectivity index (χ2v) is 12.7. The third-order valence-electron chi connectivity index (χ3n) is 10.0. The molecule has 1 atom stereocenters. The van der Waals surface area contributed by atoms with Gasteiger partial charge in [0.05, 0.1) is 39.0 Å². The molecule has 10 nitrogen and oxygen atoms in total. The number of likely N-dealkylation sites (tertiary alicyclic amines) is 1. The molecule has 3 heterocycles. The van der Waals surface area contributed by atoms with Crippen LogP contribution in [0.15, 0.2) is 66.7 Å². The van der Waals surface area contributed by atoms with E-state index in [4.69, 9.17) is 23.9 Å². The number of amides is 1. The van der Waals surface area contributed by atoms with Crippen LogP contribution >= 0.6 is 0 Å². The molecule has 10 heteroatoms. The number of imidazole rings is 1.